The number of hydrogen-bond acceptors (Lipinski definition) is 7. The van der Waals surface area contributed by atoms with E-state index in [1.807, 2.05) is 31.3 Å². The maximum atomic E-state index is 5.00. The van der Waals surface area contributed by atoms with Crippen LogP contribution in [0.15, 0.2) is 365 Å². The molecule has 12 aromatic heterocycles. The summed E-state index contributed by atoms with van der Waals surface area (Å²) in [5.41, 5.74) is 40.2. The van der Waals surface area contributed by atoms with Crippen LogP contribution in [0.2, 0.25) is 0 Å². The Morgan fingerprint density at radius 1 is 0.281 bits per heavy atom. The van der Waals surface area contributed by atoms with Crippen LogP contribution >= 0.6 is 0 Å². The summed E-state index contributed by atoms with van der Waals surface area (Å²) < 4.78 is 13.0. The van der Waals surface area contributed by atoms with E-state index in [2.05, 4.69) is 489 Å². The SMILES string of the molecule is CCc1cccc(-c2cc[n+](C)c(-c3ccccc3C)c2)n1.Cc1cccc(-c2cc[n+](C)c(-c3ccccc3C)c2)n1.Cc1ccccc1-c1cc(-c2cccc(C(C)C)n2)cc[n+]1C.Cc1ccccc1-c1cc(-c2cccc(C3CCCC3)n2)cc[n+]1C.Cc1ccccc1-c1cc(-c2cccc(CC(C)C)n2)cc[n+]1C.Cc1ccccc1-c1cc(-c2ncccn2)cc[n+]1C. The number of rotatable bonds is 17. The fourth-order valence-electron chi connectivity index (χ4n) is 17.3. The summed E-state index contributed by atoms with van der Waals surface area (Å²) >= 11 is 0. The van der Waals surface area contributed by atoms with Gasteiger partial charge in [-0.25, -0.2) is 37.4 Å². The Morgan fingerprint density at radius 2 is 0.570 bits per heavy atom. The highest BCUT2D eigenvalue weighted by atomic mass is 15.0. The molecular formula is C122H129N13+6. The fourth-order valence-corrected chi connectivity index (χ4v) is 17.3. The van der Waals surface area contributed by atoms with Gasteiger partial charge in [0.1, 0.15) is 42.3 Å². The number of benzene rings is 6. The molecule has 0 bridgehead atoms. The largest absolute Gasteiger partial charge is 0.253 e. The van der Waals surface area contributed by atoms with E-state index in [0.717, 1.165) is 103 Å². The zero-order chi connectivity index (χ0) is 95.0. The zero-order valence-electron chi connectivity index (χ0n) is 81.9. The third-order valence-electron chi connectivity index (χ3n) is 25.1. The third-order valence-corrected chi connectivity index (χ3v) is 25.1. The average molecular weight is 1780 g/mol. The molecule has 135 heavy (non-hydrogen) atoms. The predicted octanol–water partition coefficient (Wildman–Crippen LogP) is 25.5. The van der Waals surface area contributed by atoms with Gasteiger partial charge in [0.05, 0.1) is 28.5 Å². The van der Waals surface area contributed by atoms with Gasteiger partial charge in [-0.05, 0) is 222 Å². The minimum atomic E-state index is 0.436. The van der Waals surface area contributed by atoms with Crippen LogP contribution < -0.4 is 27.4 Å². The summed E-state index contributed by atoms with van der Waals surface area (Å²) in [6.45, 7) is 25.9. The molecule has 19 rings (SSSR count). The van der Waals surface area contributed by atoms with Crippen molar-refractivity contribution < 1.29 is 27.4 Å². The highest BCUT2D eigenvalue weighted by Gasteiger charge is 2.24. The molecule has 0 radical (unpaired) electrons. The second-order valence-electron chi connectivity index (χ2n) is 36.1. The van der Waals surface area contributed by atoms with Crippen molar-refractivity contribution in [3.63, 3.8) is 0 Å². The lowest BCUT2D eigenvalue weighted by molar-refractivity contribution is -0.660. The summed E-state index contributed by atoms with van der Waals surface area (Å²) in [5.74, 6) is 2.45. The van der Waals surface area contributed by atoms with E-state index in [-0.39, 0.29) is 0 Å². The van der Waals surface area contributed by atoms with Crippen molar-refractivity contribution in [2.24, 2.45) is 48.2 Å². The highest BCUT2D eigenvalue weighted by Crippen LogP contribution is 2.36. The Balaban J connectivity index is 0.000000130. The standard InChI is InChI=1S/C23H25N2.C22H25N2.C21H23N2.C20H21N2.C19H19N2.C17H16N3/c1-17-8-3-6-11-20(17)23-16-19(14-15-25(23)2)22-13-7-12-21(24-22)18-9-4-5-10-18;1-16(2)14-19-9-7-11-21(23-19)18-12-13-24(4)22(15-18)20-10-6-5-8-17(20)3;1-15(2)19-10-7-11-20(22-19)17-12-13-23(4)21(14-17)18-9-6-5-8-16(18)3;1-4-17-9-7-11-19(21-17)16-12-13-22(3)20(14-16)18-10-6-5-8-15(18)2;1-14-7-4-5-9-17(14)19-13-16(11-12-21(19)3)18-10-6-8-15(2)20-18;1-13-6-3-4-7-15(13)16-12-14(8-11-20(16)2)17-18-9-5-10-19-17/h3,6-8,11-16,18H,4-5,9-10H2,1-2H3;5-13,15-16H,14H2,1-4H3;5-15H,1-4H3;5-14H,4H2,1-3H3;4-13H,1-3H3;3-12H,1-2H3/q6*+1. The molecule has 0 spiro atoms. The van der Waals surface area contributed by atoms with Gasteiger partial charge >= 0.3 is 0 Å². The average Bonchev–Trinajstić information content (AvgIpc) is 1.29. The summed E-state index contributed by atoms with van der Waals surface area (Å²) in [6.07, 6.45) is 23.4. The summed E-state index contributed by atoms with van der Waals surface area (Å²) in [5, 5.41) is 0. The second-order valence-corrected chi connectivity index (χ2v) is 36.1. The lowest BCUT2D eigenvalue weighted by Crippen LogP contribution is -2.30. The Morgan fingerprint density at radius 3 is 0.904 bits per heavy atom. The monoisotopic (exact) mass is 1780 g/mol. The molecule has 13 nitrogen and oxygen atoms in total. The maximum absolute atomic E-state index is 5.00. The number of hydrogen-bond donors (Lipinski definition) is 0. The molecule has 0 amide bonds. The predicted molar refractivity (Wildman–Crippen MR) is 552 cm³/mol. The van der Waals surface area contributed by atoms with E-state index in [1.165, 1.54) is 132 Å². The lowest BCUT2D eigenvalue weighted by atomic mass is 10.0. The van der Waals surface area contributed by atoms with Gasteiger partial charge in [-0.3, -0.25) is 24.9 Å². The lowest BCUT2D eigenvalue weighted by Gasteiger charge is -2.11. The molecule has 1 aliphatic carbocycles. The van der Waals surface area contributed by atoms with E-state index in [1.54, 1.807) is 12.4 Å². The van der Waals surface area contributed by atoms with Gasteiger partial charge in [0.15, 0.2) is 43.0 Å². The van der Waals surface area contributed by atoms with Crippen molar-refractivity contribution in [1.29, 1.82) is 0 Å². The molecule has 1 aliphatic rings. The van der Waals surface area contributed by atoms with Crippen molar-refractivity contribution in [1.82, 2.24) is 34.9 Å². The quantitative estimate of drug-likeness (QED) is 0.0834. The van der Waals surface area contributed by atoms with Crippen LogP contribution in [0.25, 0.3) is 135 Å². The van der Waals surface area contributed by atoms with Gasteiger partial charge < -0.3 is 0 Å². The smallest absolute Gasteiger partial charge is 0.213 e. The first-order valence-corrected chi connectivity index (χ1v) is 47.3. The number of pyridine rings is 11. The van der Waals surface area contributed by atoms with Gasteiger partial charge in [-0.2, -0.15) is 0 Å². The van der Waals surface area contributed by atoms with Crippen LogP contribution in [0, 0.1) is 54.4 Å². The molecule has 0 N–H and O–H groups in total. The molecular weight excluding hydrogens is 1650 g/mol. The van der Waals surface area contributed by atoms with Crippen LogP contribution in [0.4, 0.5) is 0 Å². The van der Waals surface area contributed by atoms with Crippen LogP contribution in [-0.4, -0.2) is 34.9 Å². The molecule has 0 atom stereocenters. The van der Waals surface area contributed by atoms with Crippen LogP contribution in [0.5, 0.6) is 0 Å². The Bertz CT molecular complexity index is 7090. The zero-order valence-corrected chi connectivity index (χ0v) is 81.9. The second kappa shape index (κ2) is 45.9. The highest BCUT2D eigenvalue weighted by molar-refractivity contribution is 5.74. The Kier molecular flexibility index (Phi) is 32.7. The molecule has 13 heteroatoms. The third kappa shape index (κ3) is 24.9. The molecule has 6 aromatic carbocycles. The van der Waals surface area contributed by atoms with E-state index < -0.39 is 0 Å². The summed E-state index contributed by atoms with van der Waals surface area (Å²) in [6, 6.07) is 110. The number of aryl methyl sites for hydroxylation is 14. The molecule has 0 unspecified atom stereocenters. The van der Waals surface area contributed by atoms with E-state index in [9.17, 15) is 0 Å². The molecule has 18 aromatic rings. The first kappa shape index (κ1) is 96.1. The molecule has 12 heterocycles. The molecule has 0 saturated heterocycles. The van der Waals surface area contributed by atoms with Gasteiger partial charge in [0.2, 0.25) is 34.2 Å². The van der Waals surface area contributed by atoms with E-state index in [4.69, 9.17) is 19.9 Å². The van der Waals surface area contributed by atoms with E-state index >= 15 is 0 Å². The van der Waals surface area contributed by atoms with Gasteiger partial charge in [-0.15, -0.1) is 0 Å². The van der Waals surface area contributed by atoms with Crippen LogP contribution in [0.3, 0.4) is 0 Å². The molecule has 1 saturated carbocycles. The van der Waals surface area contributed by atoms with Crippen LogP contribution in [-0.2, 0) is 55.1 Å². The molecule has 1 fully saturated rings. The van der Waals surface area contributed by atoms with E-state index in [0.29, 0.717) is 17.8 Å². The molecule has 676 valence electrons. The summed E-state index contributed by atoms with van der Waals surface area (Å²) in [4.78, 5) is 32.7. The normalized spacial score (nSPS) is 11.5. The van der Waals surface area contributed by atoms with Gasteiger partial charge in [0, 0.05) is 186 Å². The van der Waals surface area contributed by atoms with Crippen molar-refractivity contribution in [3.05, 3.63) is 427 Å². The maximum Gasteiger partial charge on any atom is 0.213 e. The van der Waals surface area contributed by atoms with Crippen LogP contribution in [0.1, 0.15) is 134 Å². The van der Waals surface area contributed by atoms with Gasteiger partial charge in [-0.1, -0.05) is 187 Å². The van der Waals surface area contributed by atoms with Crippen molar-refractivity contribution in [3.8, 4) is 135 Å². The minimum Gasteiger partial charge on any atom is -0.253 e. The van der Waals surface area contributed by atoms with Crippen molar-refractivity contribution in [2.75, 3.05) is 0 Å². The Labute approximate surface area is 800 Å². The Hall–Kier alpha value is -15.0. The van der Waals surface area contributed by atoms with Crippen molar-refractivity contribution in [2.45, 2.75) is 133 Å². The first-order chi connectivity index (χ1) is 65.4. The number of nitrogens with zero attached hydrogens (tertiary/aromatic N) is 13. The fraction of sp³-hybridized carbons (Fsp3) is 0.221. The minimum absolute atomic E-state index is 0.436. The number of aromatic nitrogens is 13. The topological polar surface area (TPSA) is 114 Å². The summed E-state index contributed by atoms with van der Waals surface area (Å²) in [7, 11) is 12.5. The van der Waals surface area contributed by atoms with Gasteiger partial charge in [0.25, 0.3) is 0 Å². The first-order valence-electron chi connectivity index (χ1n) is 47.3. The van der Waals surface area contributed by atoms with Crippen molar-refractivity contribution >= 4 is 0 Å². The molecule has 0 aliphatic heterocycles.